The van der Waals surface area contributed by atoms with Crippen molar-refractivity contribution in [3.05, 3.63) is 16.0 Å². The first-order valence-electron chi connectivity index (χ1n) is 6.21. The fraction of sp³-hybridized carbons (Fsp3) is 0.667. The molecule has 1 aliphatic rings. The Bertz CT molecular complexity index is 411. The molecule has 1 saturated heterocycles. The van der Waals surface area contributed by atoms with Gasteiger partial charge in [0.1, 0.15) is 0 Å². The summed E-state index contributed by atoms with van der Waals surface area (Å²) >= 11 is 2.26. The van der Waals surface area contributed by atoms with Gasteiger partial charge in [0.15, 0.2) is 0 Å². The lowest BCUT2D eigenvalue weighted by Gasteiger charge is -2.31. The van der Waals surface area contributed by atoms with Crippen molar-refractivity contribution < 1.29 is 9.53 Å². The highest BCUT2D eigenvalue weighted by Crippen LogP contribution is 2.23. The van der Waals surface area contributed by atoms with E-state index in [4.69, 9.17) is 4.74 Å². The molecule has 18 heavy (non-hydrogen) atoms. The van der Waals surface area contributed by atoms with Gasteiger partial charge >= 0.3 is 6.09 Å². The smallest absolute Gasteiger partial charge is 0.410 e. The molecule has 100 valence electrons. The first kappa shape index (κ1) is 13.6. The van der Waals surface area contributed by atoms with Crippen molar-refractivity contribution in [2.24, 2.45) is 0 Å². The zero-order chi connectivity index (χ0) is 13.1. The van der Waals surface area contributed by atoms with Crippen molar-refractivity contribution in [1.82, 2.24) is 14.7 Å². The van der Waals surface area contributed by atoms with Crippen LogP contribution < -0.4 is 0 Å². The minimum Gasteiger partial charge on any atom is -0.447 e. The van der Waals surface area contributed by atoms with Gasteiger partial charge < -0.3 is 9.64 Å². The van der Waals surface area contributed by atoms with Crippen LogP contribution in [0, 0.1) is 3.57 Å². The van der Waals surface area contributed by atoms with Gasteiger partial charge in [-0.15, -0.1) is 0 Å². The maximum Gasteiger partial charge on any atom is 0.410 e. The summed E-state index contributed by atoms with van der Waals surface area (Å²) in [4.78, 5) is 13.5. The molecule has 0 bridgehead atoms. The topological polar surface area (TPSA) is 47.4 Å². The van der Waals surface area contributed by atoms with Crippen LogP contribution in [0.4, 0.5) is 4.79 Å². The lowest BCUT2D eigenvalue weighted by Crippen LogP contribution is -2.40. The molecule has 0 atom stereocenters. The Morgan fingerprint density at radius 3 is 2.67 bits per heavy atom. The van der Waals surface area contributed by atoms with E-state index in [0.717, 1.165) is 29.5 Å². The second-order valence-electron chi connectivity index (χ2n) is 4.79. The molecule has 2 heterocycles. The van der Waals surface area contributed by atoms with Gasteiger partial charge in [-0.25, -0.2) is 4.79 Å². The van der Waals surface area contributed by atoms with E-state index in [-0.39, 0.29) is 12.2 Å². The minimum absolute atomic E-state index is 0.0529. The molecule has 6 heteroatoms. The fourth-order valence-electron chi connectivity index (χ4n) is 2.10. The summed E-state index contributed by atoms with van der Waals surface area (Å²) in [5.41, 5.74) is 0. The van der Waals surface area contributed by atoms with Gasteiger partial charge in [-0.2, -0.15) is 5.10 Å². The van der Waals surface area contributed by atoms with E-state index in [2.05, 4.69) is 27.7 Å². The van der Waals surface area contributed by atoms with Gasteiger partial charge in [-0.1, -0.05) is 0 Å². The van der Waals surface area contributed by atoms with Crippen LogP contribution in [0.2, 0.25) is 0 Å². The van der Waals surface area contributed by atoms with Crippen molar-refractivity contribution >= 4 is 28.7 Å². The third kappa shape index (κ3) is 3.37. The largest absolute Gasteiger partial charge is 0.447 e. The summed E-state index contributed by atoms with van der Waals surface area (Å²) in [6, 6.07) is 0.400. The first-order valence-corrected chi connectivity index (χ1v) is 7.29. The summed E-state index contributed by atoms with van der Waals surface area (Å²) in [5, 5.41) is 4.33. The molecule has 0 aliphatic carbocycles. The molecule has 1 fully saturated rings. The lowest BCUT2D eigenvalue weighted by atomic mass is 10.1. The Kier molecular flexibility index (Phi) is 4.47. The highest BCUT2D eigenvalue weighted by Gasteiger charge is 2.25. The zero-order valence-corrected chi connectivity index (χ0v) is 12.8. The number of ether oxygens (including phenoxy) is 1. The standard InChI is InChI=1S/C12H18IN3O2/c1-9(2)18-12(17)15-5-3-11(4-6-15)16-8-10(13)7-14-16/h7-9,11H,3-6H2,1-2H3. The quantitative estimate of drug-likeness (QED) is 0.760. The number of likely N-dealkylation sites (tertiary alicyclic amines) is 1. The number of carbonyl (C=O) groups is 1. The highest BCUT2D eigenvalue weighted by atomic mass is 127. The van der Waals surface area contributed by atoms with Crippen LogP contribution in [0.25, 0.3) is 0 Å². The average molecular weight is 363 g/mol. The molecule has 2 rings (SSSR count). The molecule has 0 aromatic carbocycles. The number of carbonyl (C=O) groups excluding carboxylic acids is 1. The summed E-state index contributed by atoms with van der Waals surface area (Å²) < 4.78 is 8.35. The van der Waals surface area contributed by atoms with Gasteiger partial charge in [0.05, 0.1) is 21.9 Å². The minimum atomic E-state index is -0.196. The van der Waals surface area contributed by atoms with Crippen LogP contribution in [0.15, 0.2) is 12.4 Å². The Hall–Kier alpha value is -0.790. The predicted molar refractivity (Wildman–Crippen MR) is 76.4 cm³/mol. The first-order chi connectivity index (χ1) is 8.56. The van der Waals surface area contributed by atoms with Crippen LogP contribution in [-0.4, -0.2) is 40.0 Å². The van der Waals surface area contributed by atoms with E-state index in [9.17, 15) is 4.79 Å². The van der Waals surface area contributed by atoms with Crippen LogP contribution in [0.1, 0.15) is 32.7 Å². The highest BCUT2D eigenvalue weighted by molar-refractivity contribution is 14.1. The third-order valence-corrected chi connectivity index (χ3v) is 3.56. The van der Waals surface area contributed by atoms with Crippen LogP contribution >= 0.6 is 22.6 Å². The molecule has 1 aliphatic heterocycles. The van der Waals surface area contributed by atoms with Crippen molar-refractivity contribution in [2.75, 3.05) is 13.1 Å². The molecular weight excluding hydrogens is 345 g/mol. The molecule has 1 aromatic heterocycles. The van der Waals surface area contributed by atoms with E-state index in [1.165, 1.54) is 0 Å². The average Bonchev–Trinajstić information content (AvgIpc) is 2.75. The summed E-state index contributed by atoms with van der Waals surface area (Å²) in [5.74, 6) is 0. The Labute approximate surface area is 121 Å². The summed E-state index contributed by atoms with van der Waals surface area (Å²) in [7, 11) is 0. The van der Waals surface area contributed by atoms with Crippen molar-refractivity contribution in [3.8, 4) is 0 Å². The summed E-state index contributed by atoms with van der Waals surface area (Å²) in [6.45, 7) is 5.23. The fourth-order valence-corrected chi connectivity index (χ4v) is 2.51. The normalized spacial score (nSPS) is 17.2. The van der Waals surface area contributed by atoms with Crippen molar-refractivity contribution in [3.63, 3.8) is 0 Å². The molecule has 5 nitrogen and oxygen atoms in total. The third-order valence-electron chi connectivity index (χ3n) is 3.00. The molecule has 0 N–H and O–H groups in total. The van der Waals surface area contributed by atoms with E-state index >= 15 is 0 Å². The number of nitrogens with zero attached hydrogens (tertiary/aromatic N) is 3. The maximum absolute atomic E-state index is 11.7. The predicted octanol–water partition coefficient (Wildman–Crippen LogP) is 2.67. The maximum atomic E-state index is 11.7. The molecular formula is C12H18IN3O2. The van der Waals surface area contributed by atoms with Gasteiger partial charge in [0.25, 0.3) is 0 Å². The van der Waals surface area contributed by atoms with Crippen LogP contribution in [0.3, 0.4) is 0 Å². The number of piperidine rings is 1. The summed E-state index contributed by atoms with van der Waals surface area (Å²) in [6.07, 6.45) is 5.53. The molecule has 0 unspecified atom stereocenters. The van der Waals surface area contributed by atoms with Gasteiger partial charge in [-0.05, 0) is 49.3 Å². The number of aromatic nitrogens is 2. The number of rotatable bonds is 2. The van der Waals surface area contributed by atoms with Crippen LogP contribution in [0.5, 0.6) is 0 Å². The molecule has 0 saturated carbocycles. The second kappa shape index (κ2) is 5.90. The van der Waals surface area contributed by atoms with E-state index in [1.807, 2.05) is 30.9 Å². The second-order valence-corrected chi connectivity index (χ2v) is 6.03. The van der Waals surface area contributed by atoms with E-state index < -0.39 is 0 Å². The zero-order valence-electron chi connectivity index (χ0n) is 10.7. The molecule has 1 aromatic rings. The monoisotopic (exact) mass is 363 g/mol. The lowest BCUT2D eigenvalue weighted by molar-refractivity contribution is 0.0653. The molecule has 0 radical (unpaired) electrons. The number of halogens is 1. The van der Waals surface area contributed by atoms with Gasteiger partial charge in [-0.3, -0.25) is 4.68 Å². The van der Waals surface area contributed by atoms with E-state index in [0.29, 0.717) is 6.04 Å². The van der Waals surface area contributed by atoms with Crippen LogP contribution in [-0.2, 0) is 4.74 Å². The van der Waals surface area contributed by atoms with Gasteiger partial charge in [0.2, 0.25) is 0 Å². The van der Waals surface area contributed by atoms with Crippen molar-refractivity contribution in [1.29, 1.82) is 0 Å². The van der Waals surface area contributed by atoms with Gasteiger partial charge in [0, 0.05) is 19.3 Å². The molecule has 1 amide bonds. The Balaban J connectivity index is 1.86. The molecule has 0 spiro atoms. The SMILES string of the molecule is CC(C)OC(=O)N1CCC(n2cc(I)cn2)CC1. The Morgan fingerprint density at radius 1 is 1.50 bits per heavy atom. The number of amides is 1. The van der Waals surface area contributed by atoms with Crippen molar-refractivity contribution in [2.45, 2.75) is 38.8 Å². The van der Waals surface area contributed by atoms with E-state index in [1.54, 1.807) is 4.90 Å². The number of hydrogen-bond acceptors (Lipinski definition) is 3. The number of hydrogen-bond donors (Lipinski definition) is 0. The Morgan fingerprint density at radius 2 is 2.17 bits per heavy atom.